The maximum absolute atomic E-state index is 4.77. The number of para-hydroxylation sites is 1. The first-order valence-electron chi connectivity index (χ1n) is 11.5. The van der Waals surface area contributed by atoms with Crippen molar-refractivity contribution in [2.45, 2.75) is 20.8 Å². The summed E-state index contributed by atoms with van der Waals surface area (Å²) in [6, 6.07) is 25.3. The molecule has 0 saturated carbocycles. The first-order valence-corrected chi connectivity index (χ1v) is 12.7. The van der Waals surface area contributed by atoms with Crippen molar-refractivity contribution in [3.63, 3.8) is 0 Å². The Balaban J connectivity index is 1.40. The smallest absolute Gasteiger partial charge is 0.182 e. The molecule has 5 rings (SSSR count). The van der Waals surface area contributed by atoms with Gasteiger partial charge < -0.3 is 0 Å². The second-order valence-corrected chi connectivity index (χ2v) is 9.39. The third-order valence-corrected chi connectivity index (χ3v) is 6.66. The zero-order valence-electron chi connectivity index (χ0n) is 20.3. The van der Waals surface area contributed by atoms with E-state index in [4.69, 9.17) is 9.98 Å². The maximum atomic E-state index is 4.77. The van der Waals surface area contributed by atoms with E-state index in [9.17, 15) is 0 Å². The average Bonchev–Trinajstić information content (AvgIpc) is 3.30. The molecule has 5 nitrogen and oxygen atoms in total. The highest BCUT2D eigenvalue weighted by molar-refractivity contribution is 8.13. The Morgan fingerprint density at radius 3 is 2.46 bits per heavy atom. The van der Waals surface area contributed by atoms with E-state index in [0.717, 1.165) is 55.0 Å². The van der Waals surface area contributed by atoms with Crippen molar-refractivity contribution < 1.29 is 0 Å². The molecule has 35 heavy (non-hydrogen) atoms. The molecule has 0 bridgehead atoms. The number of hydrogen-bond donors (Lipinski definition) is 1. The van der Waals surface area contributed by atoms with Crippen molar-refractivity contribution in [1.29, 1.82) is 0 Å². The summed E-state index contributed by atoms with van der Waals surface area (Å²) in [5.41, 5.74) is 11.8. The standard InChI is InChI=1S/C29H27N5S/c1-19-8-12-24(13-9-19)34-18-30-28-25-14-10-22(16-23(25)11-15-26(28)34)17-31-33-29(35-4)32-27-20(2)6-5-7-21(27)3/h5-18H,1-4H3,(H,32,33)/b31-17+. The van der Waals surface area contributed by atoms with E-state index in [0.29, 0.717) is 0 Å². The predicted molar refractivity (Wildman–Crippen MR) is 151 cm³/mol. The minimum absolute atomic E-state index is 0.753. The number of benzene rings is 4. The van der Waals surface area contributed by atoms with Gasteiger partial charge in [0.15, 0.2) is 5.17 Å². The molecule has 0 saturated heterocycles. The Hall–Kier alpha value is -3.90. The van der Waals surface area contributed by atoms with Crippen LogP contribution in [0.5, 0.6) is 0 Å². The van der Waals surface area contributed by atoms with Crippen molar-refractivity contribution >= 4 is 50.6 Å². The molecule has 1 aromatic heterocycles. The van der Waals surface area contributed by atoms with Crippen LogP contribution in [-0.4, -0.2) is 27.2 Å². The number of nitrogens with one attached hydrogen (secondary N) is 1. The number of aryl methyl sites for hydroxylation is 3. The van der Waals surface area contributed by atoms with Gasteiger partial charge in [-0.2, -0.15) is 5.10 Å². The van der Waals surface area contributed by atoms with E-state index >= 15 is 0 Å². The van der Waals surface area contributed by atoms with Gasteiger partial charge in [-0.1, -0.05) is 65.9 Å². The lowest BCUT2D eigenvalue weighted by Gasteiger charge is -2.07. The van der Waals surface area contributed by atoms with E-state index in [-0.39, 0.29) is 0 Å². The summed E-state index contributed by atoms with van der Waals surface area (Å²) in [6.07, 6.45) is 5.71. The van der Waals surface area contributed by atoms with Gasteiger partial charge >= 0.3 is 0 Å². The Kier molecular flexibility index (Phi) is 6.38. The van der Waals surface area contributed by atoms with Crippen LogP contribution in [0.3, 0.4) is 0 Å². The summed E-state index contributed by atoms with van der Waals surface area (Å²) in [5.74, 6) is 0. The highest BCUT2D eigenvalue weighted by Crippen LogP contribution is 2.27. The molecule has 5 aromatic rings. The van der Waals surface area contributed by atoms with Gasteiger partial charge in [-0.15, -0.1) is 0 Å². The molecule has 0 aliphatic rings. The van der Waals surface area contributed by atoms with Gasteiger partial charge in [-0.05, 0) is 73.4 Å². The largest absolute Gasteiger partial charge is 0.299 e. The van der Waals surface area contributed by atoms with Crippen molar-refractivity contribution in [2.24, 2.45) is 10.1 Å². The summed E-state index contributed by atoms with van der Waals surface area (Å²) in [6.45, 7) is 6.24. The van der Waals surface area contributed by atoms with Crippen LogP contribution in [-0.2, 0) is 0 Å². The first kappa shape index (κ1) is 22.9. The zero-order valence-corrected chi connectivity index (χ0v) is 21.1. The normalized spacial score (nSPS) is 12.2. The van der Waals surface area contributed by atoms with Gasteiger partial charge in [0.1, 0.15) is 6.33 Å². The number of aliphatic imine (C=N–C) groups is 1. The van der Waals surface area contributed by atoms with Crippen LogP contribution >= 0.6 is 11.8 Å². The fraction of sp³-hybridized carbons (Fsp3) is 0.138. The molecular weight excluding hydrogens is 450 g/mol. The molecule has 4 aromatic carbocycles. The lowest BCUT2D eigenvalue weighted by molar-refractivity contribution is 1.05. The zero-order chi connectivity index (χ0) is 24.4. The van der Waals surface area contributed by atoms with Crippen LogP contribution < -0.4 is 5.43 Å². The van der Waals surface area contributed by atoms with Crippen LogP contribution in [0.15, 0.2) is 89.2 Å². The number of aromatic nitrogens is 2. The van der Waals surface area contributed by atoms with E-state index in [1.807, 2.05) is 18.8 Å². The first-order chi connectivity index (χ1) is 17.0. The van der Waals surface area contributed by atoms with Gasteiger partial charge in [0.25, 0.3) is 0 Å². The van der Waals surface area contributed by atoms with Crippen LogP contribution in [0, 0.1) is 20.8 Å². The highest BCUT2D eigenvalue weighted by atomic mass is 32.2. The summed E-state index contributed by atoms with van der Waals surface area (Å²) in [5, 5.41) is 7.45. The number of amidine groups is 1. The van der Waals surface area contributed by atoms with Crippen molar-refractivity contribution in [2.75, 3.05) is 6.26 Å². The summed E-state index contributed by atoms with van der Waals surface area (Å²) >= 11 is 1.54. The second-order valence-electron chi connectivity index (χ2n) is 8.60. The lowest BCUT2D eigenvalue weighted by atomic mass is 10.1. The van der Waals surface area contributed by atoms with Crippen LogP contribution in [0.2, 0.25) is 0 Å². The number of rotatable bonds is 4. The minimum atomic E-state index is 0.753. The molecule has 0 spiro atoms. The second kappa shape index (κ2) is 9.76. The molecule has 0 fully saturated rings. The Bertz CT molecular complexity index is 1560. The SMILES string of the molecule is CSC(=Nc1c(C)cccc1C)N/N=C/c1ccc2c(ccc3c2ncn3-c2ccc(C)cc2)c1. The van der Waals surface area contributed by atoms with Crippen LogP contribution in [0.1, 0.15) is 22.3 Å². The molecule has 1 N–H and O–H groups in total. The topological polar surface area (TPSA) is 54.6 Å². The van der Waals surface area contributed by atoms with Crippen molar-refractivity contribution in [1.82, 2.24) is 15.0 Å². The summed E-state index contributed by atoms with van der Waals surface area (Å²) in [4.78, 5) is 9.49. The molecule has 0 aliphatic carbocycles. The van der Waals surface area contributed by atoms with E-state index in [1.54, 1.807) is 0 Å². The molecule has 0 atom stereocenters. The predicted octanol–water partition coefficient (Wildman–Crippen LogP) is 7.08. The van der Waals surface area contributed by atoms with Gasteiger partial charge in [0.05, 0.1) is 22.9 Å². The number of thioether (sulfide) groups is 1. The molecule has 6 heteroatoms. The lowest BCUT2D eigenvalue weighted by Crippen LogP contribution is -2.13. The van der Waals surface area contributed by atoms with E-state index < -0.39 is 0 Å². The fourth-order valence-electron chi connectivity index (χ4n) is 4.18. The monoisotopic (exact) mass is 477 g/mol. The molecule has 1 heterocycles. The molecule has 0 radical (unpaired) electrons. The quantitative estimate of drug-likeness (QED) is 0.171. The fourth-order valence-corrected chi connectivity index (χ4v) is 4.51. The minimum Gasteiger partial charge on any atom is -0.299 e. The third-order valence-electron chi connectivity index (χ3n) is 6.09. The number of hydrazone groups is 1. The Morgan fingerprint density at radius 1 is 0.943 bits per heavy atom. The summed E-state index contributed by atoms with van der Waals surface area (Å²) in [7, 11) is 0. The van der Waals surface area contributed by atoms with E-state index in [1.165, 1.54) is 17.3 Å². The van der Waals surface area contributed by atoms with Gasteiger partial charge in [0, 0.05) is 11.1 Å². The third kappa shape index (κ3) is 4.70. The highest BCUT2D eigenvalue weighted by Gasteiger charge is 2.09. The van der Waals surface area contributed by atoms with Crippen molar-refractivity contribution in [3.05, 3.63) is 101 Å². The molecule has 174 valence electrons. The number of hydrogen-bond acceptors (Lipinski definition) is 4. The molecular formula is C29H27N5S. The average molecular weight is 478 g/mol. The Morgan fingerprint density at radius 2 is 1.71 bits per heavy atom. The van der Waals surface area contributed by atoms with Crippen LogP contribution in [0.25, 0.3) is 27.5 Å². The van der Waals surface area contributed by atoms with E-state index in [2.05, 4.69) is 109 Å². The van der Waals surface area contributed by atoms with Gasteiger partial charge in [0.2, 0.25) is 0 Å². The maximum Gasteiger partial charge on any atom is 0.182 e. The van der Waals surface area contributed by atoms with Crippen LogP contribution in [0.4, 0.5) is 5.69 Å². The Labute approximate surface area is 209 Å². The number of imidazole rings is 1. The number of nitrogens with zero attached hydrogens (tertiary/aromatic N) is 4. The number of fused-ring (bicyclic) bond motifs is 3. The van der Waals surface area contributed by atoms with Gasteiger partial charge in [-0.25, -0.2) is 9.98 Å². The summed E-state index contributed by atoms with van der Waals surface area (Å²) < 4.78 is 2.13. The molecule has 0 amide bonds. The molecule has 0 aliphatic heterocycles. The molecule has 0 unspecified atom stereocenters. The van der Waals surface area contributed by atoms with Crippen molar-refractivity contribution in [3.8, 4) is 5.69 Å². The van der Waals surface area contributed by atoms with Gasteiger partial charge in [-0.3, -0.25) is 9.99 Å².